The number of carbonyl (C=O) groups is 1. The third-order valence-electron chi connectivity index (χ3n) is 2.46. The lowest BCUT2D eigenvalue weighted by atomic mass is 10.3. The summed E-state index contributed by atoms with van der Waals surface area (Å²) >= 11 is 0. The number of likely N-dealkylation sites (N-methyl/N-ethyl adjacent to an activating group) is 1. The van der Waals surface area contributed by atoms with Gasteiger partial charge in [-0.1, -0.05) is 6.07 Å². The smallest absolute Gasteiger partial charge is 0.234 e. The van der Waals surface area contributed by atoms with Crippen LogP contribution in [0.3, 0.4) is 0 Å². The Labute approximate surface area is 115 Å². The van der Waals surface area contributed by atoms with Crippen LogP contribution in [0.2, 0.25) is 0 Å². The predicted molar refractivity (Wildman–Crippen MR) is 78.0 cm³/mol. The molecule has 1 rings (SSSR count). The van der Waals surface area contributed by atoms with Gasteiger partial charge in [0.25, 0.3) is 0 Å². The molecule has 0 aliphatic rings. The number of anilines is 1. The first kappa shape index (κ1) is 15.4. The van der Waals surface area contributed by atoms with Crippen molar-refractivity contribution in [2.75, 3.05) is 25.5 Å². The molecule has 5 heteroatoms. The highest BCUT2D eigenvalue weighted by molar-refractivity contribution is 5.78. The first-order valence-electron chi connectivity index (χ1n) is 6.69. The van der Waals surface area contributed by atoms with Gasteiger partial charge in [-0.2, -0.15) is 0 Å². The summed E-state index contributed by atoms with van der Waals surface area (Å²) in [5.41, 5.74) is 0.957. The summed E-state index contributed by atoms with van der Waals surface area (Å²) in [4.78, 5) is 18.1. The van der Waals surface area contributed by atoms with Gasteiger partial charge in [0.05, 0.1) is 12.2 Å². The van der Waals surface area contributed by atoms with Crippen molar-refractivity contribution in [2.45, 2.75) is 33.4 Å². The zero-order valence-corrected chi connectivity index (χ0v) is 12.2. The minimum Gasteiger partial charge on any atom is -0.370 e. The lowest BCUT2D eigenvalue weighted by Gasteiger charge is -2.17. The molecule has 1 amide bonds. The number of amides is 1. The number of aromatic nitrogens is 1. The Hall–Kier alpha value is -1.62. The van der Waals surface area contributed by atoms with Gasteiger partial charge in [-0.15, -0.1) is 0 Å². The van der Waals surface area contributed by atoms with Crippen molar-refractivity contribution in [1.29, 1.82) is 0 Å². The summed E-state index contributed by atoms with van der Waals surface area (Å²) in [6.07, 6.45) is 0. The molecule has 5 nitrogen and oxygen atoms in total. The van der Waals surface area contributed by atoms with Gasteiger partial charge < -0.3 is 10.6 Å². The van der Waals surface area contributed by atoms with Crippen molar-refractivity contribution in [3.63, 3.8) is 0 Å². The molecule has 0 atom stereocenters. The fraction of sp³-hybridized carbons (Fsp3) is 0.571. The minimum absolute atomic E-state index is 0.0420. The van der Waals surface area contributed by atoms with E-state index in [0.29, 0.717) is 13.1 Å². The summed E-state index contributed by atoms with van der Waals surface area (Å²) in [7, 11) is 1.92. The maximum atomic E-state index is 11.6. The molecule has 2 N–H and O–H groups in total. The van der Waals surface area contributed by atoms with Gasteiger partial charge in [-0.25, -0.2) is 4.98 Å². The van der Waals surface area contributed by atoms with E-state index in [1.807, 2.05) is 50.9 Å². The largest absolute Gasteiger partial charge is 0.370 e. The highest BCUT2D eigenvalue weighted by Gasteiger charge is 2.08. The van der Waals surface area contributed by atoms with Crippen molar-refractivity contribution in [2.24, 2.45) is 0 Å². The van der Waals surface area contributed by atoms with Crippen LogP contribution >= 0.6 is 0 Å². The van der Waals surface area contributed by atoms with Gasteiger partial charge in [0, 0.05) is 19.1 Å². The van der Waals surface area contributed by atoms with Crippen molar-refractivity contribution in [1.82, 2.24) is 15.2 Å². The van der Waals surface area contributed by atoms with Crippen LogP contribution in [0.4, 0.5) is 5.82 Å². The number of rotatable bonds is 7. The van der Waals surface area contributed by atoms with Crippen LogP contribution < -0.4 is 10.6 Å². The molecule has 0 aliphatic carbocycles. The number of carbonyl (C=O) groups excluding carboxylic acids is 1. The maximum absolute atomic E-state index is 11.6. The monoisotopic (exact) mass is 264 g/mol. The number of pyridine rings is 1. The van der Waals surface area contributed by atoms with Crippen LogP contribution in [0.1, 0.15) is 26.5 Å². The SMILES string of the molecule is CCNc1cccc(CN(C)CC(=O)NC(C)C)n1. The number of hydrogen-bond acceptors (Lipinski definition) is 4. The molecule has 1 aromatic rings. The lowest BCUT2D eigenvalue weighted by molar-refractivity contribution is -0.122. The summed E-state index contributed by atoms with van der Waals surface area (Å²) in [5.74, 6) is 0.917. The Morgan fingerprint density at radius 2 is 2.16 bits per heavy atom. The molecule has 19 heavy (non-hydrogen) atoms. The predicted octanol–water partition coefficient (Wildman–Crippen LogP) is 1.47. The molecule has 0 saturated heterocycles. The van der Waals surface area contributed by atoms with Gasteiger partial charge in [0.2, 0.25) is 5.91 Å². The molecule has 0 aliphatic heterocycles. The zero-order chi connectivity index (χ0) is 14.3. The lowest BCUT2D eigenvalue weighted by Crippen LogP contribution is -2.38. The van der Waals surface area contributed by atoms with Crippen molar-refractivity contribution >= 4 is 11.7 Å². The number of nitrogens with one attached hydrogen (secondary N) is 2. The highest BCUT2D eigenvalue weighted by Crippen LogP contribution is 2.06. The molecule has 0 fully saturated rings. The highest BCUT2D eigenvalue weighted by atomic mass is 16.2. The Kier molecular flexibility index (Phi) is 6.29. The van der Waals surface area contributed by atoms with E-state index in [-0.39, 0.29) is 11.9 Å². The number of nitrogens with zero attached hydrogens (tertiary/aromatic N) is 2. The third kappa shape index (κ3) is 6.20. The standard InChI is InChI=1S/C14H24N4O/c1-5-15-13-8-6-7-12(17-13)9-18(4)10-14(19)16-11(2)3/h6-8,11H,5,9-10H2,1-4H3,(H,15,17)(H,16,19). The Bertz CT molecular complexity index is 406. The zero-order valence-electron chi connectivity index (χ0n) is 12.2. The van der Waals surface area contributed by atoms with E-state index in [4.69, 9.17) is 0 Å². The third-order valence-corrected chi connectivity index (χ3v) is 2.46. The van der Waals surface area contributed by atoms with E-state index in [1.165, 1.54) is 0 Å². The van der Waals surface area contributed by atoms with Gasteiger partial charge in [-0.05, 0) is 40.0 Å². The molecule has 0 bridgehead atoms. The van der Waals surface area contributed by atoms with E-state index in [9.17, 15) is 4.79 Å². The second-order valence-electron chi connectivity index (χ2n) is 4.94. The molecule has 0 saturated carbocycles. The molecule has 0 aromatic carbocycles. The first-order chi connectivity index (χ1) is 9.01. The Balaban J connectivity index is 2.49. The van der Waals surface area contributed by atoms with Gasteiger partial charge in [0.1, 0.15) is 5.82 Å². The molecule has 1 heterocycles. The van der Waals surface area contributed by atoms with Crippen LogP contribution in [0.15, 0.2) is 18.2 Å². The van der Waals surface area contributed by atoms with Crippen LogP contribution in [0.25, 0.3) is 0 Å². The topological polar surface area (TPSA) is 57.3 Å². The Morgan fingerprint density at radius 3 is 2.79 bits per heavy atom. The maximum Gasteiger partial charge on any atom is 0.234 e. The molecule has 0 unspecified atom stereocenters. The van der Waals surface area contributed by atoms with Crippen molar-refractivity contribution < 1.29 is 4.79 Å². The molecule has 0 radical (unpaired) electrons. The molecular weight excluding hydrogens is 240 g/mol. The van der Waals surface area contributed by atoms with E-state index in [0.717, 1.165) is 18.1 Å². The van der Waals surface area contributed by atoms with E-state index in [2.05, 4.69) is 15.6 Å². The van der Waals surface area contributed by atoms with E-state index >= 15 is 0 Å². The van der Waals surface area contributed by atoms with E-state index < -0.39 is 0 Å². The normalized spacial score (nSPS) is 10.8. The molecular formula is C14H24N4O. The summed E-state index contributed by atoms with van der Waals surface area (Å²) in [6.45, 7) is 7.84. The summed E-state index contributed by atoms with van der Waals surface area (Å²) < 4.78 is 0. The summed E-state index contributed by atoms with van der Waals surface area (Å²) in [5, 5.41) is 6.06. The second kappa shape index (κ2) is 7.74. The summed E-state index contributed by atoms with van der Waals surface area (Å²) in [6, 6.07) is 6.06. The fourth-order valence-corrected chi connectivity index (χ4v) is 1.79. The molecule has 0 spiro atoms. The van der Waals surface area contributed by atoms with E-state index in [1.54, 1.807) is 0 Å². The van der Waals surface area contributed by atoms with Crippen LogP contribution in [-0.2, 0) is 11.3 Å². The van der Waals surface area contributed by atoms with Crippen molar-refractivity contribution in [3.8, 4) is 0 Å². The number of hydrogen-bond donors (Lipinski definition) is 2. The van der Waals surface area contributed by atoms with Gasteiger partial charge >= 0.3 is 0 Å². The van der Waals surface area contributed by atoms with Crippen LogP contribution in [-0.4, -0.2) is 42.0 Å². The quantitative estimate of drug-likeness (QED) is 0.783. The van der Waals surface area contributed by atoms with Crippen LogP contribution in [0, 0.1) is 0 Å². The molecule has 1 aromatic heterocycles. The van der Waals surface area contributed by atoms with Gasteiger partial charge in [0.15, 0.2) is 0 Å². The van der Waals surface area contributed by atoms with Crippen LogP contribution in [0.5, 0.6) is 0 Å². The first-order valence-corrected chi connectivity index (χ1v) is 6.69. The van der Waals surface area contributed by atoms with Gasteiger partial charge in [-0.3, -0.25) is 9.69 Å². The average molecular weight is 264 g/mol. The van der Waals surface area contributed by atoms with Crippen molar-refractivity contribution in [3.05, 3.63) is 23.9 Å². The molecule has 106 valence electrons. The average Bonchev–Trinajstić information content (AvgIpc) is 2.28. The fourth-order valence-electron chi connectivity index (χ4n) is 1.79. The second-order valence-corrected chi connectivity index (χ2v) is 4.94. The Morgan fingerprint density at radius 1 is 1.42 bits per heavy atom. The minimum atomic E-state index is 0.0420.